The van der Waals surface area contributed by atoms with Gasteiger partial charge in [-0.15, -0.1) is 0 Å². The lowest BCUT2D eigenvalue weighted by atomic mass is 9.99. The normalized spacial score (nSPS) is 11.6. The second-order valence-corrected chi connectivity index (χ2v) is 12.5. The summed E-state index contributed by atoms with van der Waals surface area (Å²) >= 11 is 0. The van der Waals surface area contributed by atoms with Gasteiger partial charge in [0.1, 0.15) is 11.2 Å². The van der Waals surface area contributed by atoms with E-state index < -0.39 is 0 Å². The van der Waals surface area contributed by atoms with Crippen molar-refractivity contribution >= 4 is 43.7 Å². The summed E-state index contributed by atoms with van der Waals surface area (Å²) in [4.78, 5) is 15.2. The molecule has 234 valence electrons. The van der Waals surface area contributed by atoms with Gasteiger partial charge in [0.25, 0.3) is 0 Å². The molecular weight excluding hydrogens is 613 g/mol. The molecule has 0 amide bonds. The zero-order valence-electron chi connectivity index (χ0n) is 26.9. The zero-order valence-corrected chi connectivity index (χ0v) is 26.9. The standard InChI is InChI=1S/C45H28N4O/c1-3-11-29(12-4-1)30-19-21-31(22-20-30)33-23-25-37-38-27-34(24-26-41(38)50-42(37)28-33)44-46-43(32-13-5-2-6-14-32)47-45(48-44)49-39-17-9-7-15-35(39)36-16-8-10-18-40(36)49/h1-28H. The van der Waals surface area contributed by atoms with Crippen LogP contribution in [0.5, 0.6) is 0 Å². The first-order valence-corrected chi connectivity index (χ1v) is 16.7. The number of aromatic nitrogens is 4. The summed E-state index contributed by atoms with van der Waals surface area (Å²) in [7, 11) is 0. The van der Waals surface area contributed by atoms with E-state index in [0.717, 1.165) is 66.0 Å². The number of furan rings is 1. The van der Waals surface area contributed by atoms with Crippen molar-refractivity contribution in [3.63, 3.8) is 0 Å². The van der Waals surface area contributed by atoms with Crippen LogP contribution < -0.4 is 0 Å². The van der Waals surface area contributed by atoms with Gasteiger partial charge in [-0.25, -0.2) is 4.98 Å². The molecule has 0 radical (unpaired) electrons. The Bertz CT molecular complexity index is 2800. The van der Waals surface area contributed by atoms with E-state index >= 15 is 0 Å². The fraction of sp³-hybridized carbons (Fsp3) is 0. The van der Waals surface area contributed by atoms with E-state index in [1.54, 1.807) is 0 Å². The van der Waals surface area contributed by atoms with Gasteiger partial charge in [-0.05, 0) is 64.7 Å². The summed E-state index contributed by atoms with van der Waals surface area (Å²) in [5.41, 5.74) is 10.2. The number of fused-ring (bicyclic) bond motifs is 6. The number of benzene rings is 7. The number of rotatable bonds is 5. The molecule has 0 atom stereocenters. The molecule has 0 aliphatic heterocycles. The van der Waals surface area contributed by atoms with Crippen molar-refractivity contribution in [2.24, 2.45) is 0 Å². The zero-order chi connectivity index (χ0) is 33.0. The molecule has 3 heterocycles. The van der Waals surface area contributed by atoms with Gasteiger partial charge in [0.15, 0.2) is 11.6 Å². The third-order valence-electron chi connectivity index (χ3n) is 9.49. The Kier molecular flexibility index (Phi) is 6.42. The van der Waals surface area contributed by atoms with Crippen LogP contribution in [0.4, 0.5) is 0 Å². The Morgan fingerprint density at radius 3 is 1.54 bits per heavy atom. The highest BCUT2D eigenvalue weighted by atomic mass is 16.3. The number of hydrogen-bond acceptors (Lipinski definition) is 4. The molecule has 5 nitrogen and oxygen atoms in total. The van der Waals surface area contributed by atoms with Crippen LogP contribution in [0.25, 0.3) is 94.7 Å². The van der Waals surface area contributed by atoms with Gasteiger partial charge >= 0.3 is 0 Å². The molecule has 0 fully saturated rings. The minimum atomic E-state index is 0.575. The van der Waals surface area contributed by atoms with Crippen LogP contribution in [0.3, 0.4) is 0 Å². The summed E-state index contributed by atoms with van der Waals surface area (Å²) in [6.07, 6.45) is 0. The lowest BCUT2D eigenvalue weighted by Crippen LogP contribution is -2.06. The van der Waals surface area contributed by atoms with Crippen LogP contribution in [0.15, 0.2) is 174 Å². The fourth-order valence-electron chi connectivity index (χ4n) is 7.03. The summed E-state index contributed by atoms with van der Waals surface area (Å²) in [5.74, 6) is 1.79. The first-order valence-electron chi connectivity index (χ1n) is 16.7. The number of para-hydroxylation sites is 2. The molecule has 0 saturated heterocycles. The van der Waals surface area contributed by atoms with Gasteiger partial charge in [0.2, 0.25) is 5.95 Å². The lowest BCUT2D eigenvalue weighted by molar-refractivity contribution is 0.669. The lowest BCUT2D eigenvalue weighted by Gasteiger charge is -2.11. The highest BCUT2D eigenvalue weighted by molar-refractivity contribution is 6.09. The molecule has 5 heteroatoms. The summed E-state index contributed by atoms with van der Waals surface area (Å²) < 4.78 is 8.55. The fourth-order valence-corrected chi connectivity index (χ4v) is 7.03. The monoisotopic (exact) mass is 640 g/mol. The molecule has 3 aromatic heterocycles. The molecular formula is C45H28N4O. The van der Waals surface area contributed by atoms with Crippen molar-refractivity contribution in [3.05, 3.63) is 170 Å². The molecule has 0 unspecified atom stereocenters. The third kappa shape index (κ3) is 4.67. The highest BCUT2D eigenvalue weighted by Gasteiger charge is 2.18. The maximum atomic E-state index is 6.41. The molecule has 0 aliphatic rings. The van der Waals surface area contributed by atoms with E-state index in [1.165, 1.54) is 11.1 Å². The Morgan fingerprint density at radius 2 is 0.860 bits per heavy atom. The van der Waals surface area contributed by atoms with Crippen LogP contribution >= 0.6 is 0 Å². The minimum absolute atomic E-state index is 0.575. The van der Waals surface area contributed by atoms with E-state index in [4.69, 9.17) is 19.4 Å². The molecule has 10 rings (SSSR count). The second kappa shape index (κ2) is 11.4. The maximum absolute atomic E-state index is 6.41. The molecule has 7 aromatic carbocycles. The van der Waals surface area contributed by atoms with Gasteiger partial charge in [-0.3, -0.25) is 4.57 Å². The predicted octanol–water partition coefficient (Wildman–Crippen LogP) is 11.5. The van der Waals surface area contributed by atoms with Crippen LogP contribution in [-0.4, -0.2) is 19.5 Å². The van der Waals surface area contributed by atoms with Crippen molar-refractivity contribution in [3.8, 4) is 51.0 Å². The van der Waals surface area contributed by atoms with Gasteiger partial charge in [-0.1, -0.05) is 127 Å². The highest BCUT2D eigenvalue weighted by Crippen LogP contribution is 2.36. The van der Waals surface area contributed by atoms with Gasteiger partial charge in [0.05, 0.1) is 11.0 Å². The average molecular weight is 641 g/mol. The van der Waals surface area contributed by atoms with Crippen LogP contribution in [0, 0.1) is 0 Å². The van der Waals surface area contributed by atoms with E-state index in [1.807, 2.05) is 48.5 Å². The van der Waals surface area contributed by atoms with Crippen molar-refractivity contribution < 1.29 is 4.42 Å². The maximum Gasteiger partial charge on any atom is 0.238 e. The van der Waals surface area contributed by atoms with Crippen LogP contribution in [0.2, 0.25) is 0 Å². The van der Waals surface area contributed by atoms with E-state index in [0.29, 0.717) is 17.6 Å². The number of hydrogen-bond donors (Lipinski definition) is 0. The van der Waals surface area contributed by atoms with Crippen molar-refractivity contribution in [2.45, 2.75) is 0 Å². The van der Waals surface area contributed by atoms with Gasteiger partial charge in [0, 0.05) is 32.7 Å². The first kappa shape index (κ1) is 28.2. The van der Waals surface area contributed by atoms with Crippen molar-refractivity contribution in [1.82, 2.24) is 19.5 Å². The van der Waals surface area contributed by atoms with E-state index in [2.05, 4.69) is 126 Å². The quantitative estimate of drug-likeness (QED) is 0.188. The molecule has 0 spiro atoms. The van der Waals surface area contributed by atoms with E-state index in [-0.39, 0.29) is 0 Å². The second-order valence-electron chi connectivity index (χ2n) is 12.5. The average Bonchev–Trinajstić information content (AvgIpc) is 3.73. The summed E-state index contributed by atoms with van der Waals surface area (Å²) in [6, 6.07) is 58.7. The van der Waals surface area contributed by atoms with E-state index in [9.17, 15) is 0 Å². The summed E-state index contributed by atoms with van der Waals surface area (Å²) in [5, 5.41) is 4.38. The molecule has 0 N–H and O–H groups in total. The topological polar surface area (TPSA) is 56.7 Å². The van der Waals surface area contributed by atoms with Gasteiger partial charge in [-0.2, -0.15) is 9.97 Å². The van der Waals surface area contributed by atoms with Crippen molar-refractivity contribution in [2.75, 3.05) is 0 Å². The molecule has 0 bridgehead atoms. The Hall–Kier alpha value is -6.85. The molecule has 0 saturated carbocycles. The minimum Gasteiger partial charge on any atom is -0.456 e. The number of nitrogens with zero attached hydrogens (tertiary/aromatic N) is 4. The molecule has 0 aliphatic carbocycles. The predicted molar refractivity (Wildman–Crippen MR) is 203 cm³/mol. The molecule has 50 heavy (non-hydrogen) atoms. The van der Waals surface area contributed by atoms with Gasteiger partial charge < -0.3 is 4.42 Å². The van der Waals surface area contributed by atoms with Crippen LogP contribution in [0.1, 0.15) is 0 Å². The third-order valence-corrected chi connectivity index (χ3v) is 9.49. The summed E-state index contributed by atoms with van der Waals surface area (Å²) in [6.45, 7) is 0. The Morgan fingerprint density at radius 1 is 0.340 bits per heavy atom. The molecule has 10 aromatic rings. The Balaban J connectivity index is 1.10. The largest absolute Gasteiger partial charge is 0.456 e. The van der Waals surface area contributed by atoms with Crippen molar-refractivity contribution in [1.29, 1.82) is 0 Å². The first-order chi connectivity index (χ1) is 24.8. The smallest absolute Gasteiger partial charge is 0.238 e. The SMILES string of the molecule is c1ccc(-c2ccc(-c3ccc4c(c3)oc3ccc(-c5nc(-c6ccccc6)nc(-n6c7ccccc7c7ccccc76)n5)cc34)cc2)cc1. The van der Waals surface area contributed by atoms with Crippen LogP contribution in [-0.2, 0) is 0 Å². The Labute approximate surface area is 287 Å².